The maximum Gasteiger partial charge on any atom is 0.252 e. The average molecular weight is 398 g/mol. The standard InChI is InChI=1S/C23H18N4OS/c24-13-16-9-11-17(12-10-16)15-29-21-8-4-1-5-18(21)23(28)25-14-22-26-19-6-2-3-7-20(19)27-22/h1-12H,14-15H2,(H,25,28)(H,26,27). The summed E-state index contributed by atoms with van der Waals surface area (Å²) in [6.07, 6.45) is 0. The van der Waals surface area contributed by atoms with Crippen LogP contribution in [0.2, 0.25) is 0 Å². The fourth-order valence-corrected chi connectivity index (χ4v) is 3.97. The number of H-pyrrole nitrogens is 1. The van der Waals surface area contributed by atoms with Gasteiger partial charge in [-0.25, -0.2) is 4.98 Å². The summed E-state index contributed by atoms with van der Waals surface area (Å²) in [6, 6.07) is 25.0. The lowest BCUT2D eigenvalue weighted by molar-refractivity contribution is 0.0947. The summed E-state index contributed by atoms with van der Waals surface area (Å²) < 4.78 is 0. The summed E-state index contributed by atoms with van der Waals surface area (Å²) in [5.74, 6) is 1.31. The molecule has 0 radical (unpaired) electrons. The Morgan fingerprint density at radius 2 is 1.79 bits per heavy atom. The summed E-state index contributed by atoms with van der Waals surface area (Å²) >= 11 is 1.60. The Hall–Kier alpha value is -3.56. The summed E-state index contributed by atoms with van der Waals surface area (Å²) in [5, 5.41) is 11.8. The number of benzene rings is 3. The highest BCUT2D eigenvalue weighted by atomic mass is 32.2. The molecule has 0 aliphatic heterocycles. The highest BCUT2D eigenvalue weighted by molar-refractivity contribution is 7.98. The molecule has 0 aliphatic rings. The van der Waals surface area contributed by atoms with Crippen molar-refractivity contribution in [3.05, 3.63) is 95.3 Å². The number of carbonyl (C=O) groups is 1. The molecule has 0 spiro atoms. The monoisotopic (exact) mass is 398 g/mol. The van der Waals surface area contributed by atoms with Crippen LogP contribution in [0, 0.1) is 11.3 Å². The molecule has 1 amide bonds. The minimum atomic E-state index is -0.131. The zero-order chi connectivity index (χ0) is 20.1. The van der Waals surface area contributed by atoms with Gasteiger partial charge in [0.1, 0.15) is 5.82 Å². The predicted octanol–water partition coefficient (Wildman–Crippen LogP) is 4.66. The van der Waals surface area contributed by atoms with Gasteiger partial charge in [-0.05, 0) is 42.0 Å². The number of fused-ring (bicyclic) bond motifs is 1. The van der Waals surface area contributed by atoms with Gasteiger partial charge in [-0.2, -0.15) is 5.26 Å². The van der Waals surface area contributed by atoms with Crippen molar-refractivity contribution in [1.29, 1.82) is 5.26 Å². The van der Waals surface area contributed by atoms with Crippen LogP contribution in [0.5, 0.6) is 0 Å². The number of rotatable bonds is 6. The largest absolute Gasteiger partial charge is 0.345 e. The van der Waals surface area contributed by atoms with Gasteiger partial charge in [-0.3, -0.25) is 4.79 Å². The van der Waals surface area contributed by atoms with Crippen LogP contribution in [0.1, 0.15) is 27.3 Å². The van der Waals surface area contributed by atoms with Crippen LogP contribution in [0.15, 0.2) is 77.7 Å². The Morgan fingerprint density at radius 3 is 2.59 bits per heavy atom. The van der Waals surface area contributed by atoms with E-state index in [0.717, 1.165) is 33.1 Å². The molecule has 0 unspecified atom stereocenters. The van der Waals surface area contributed by atoms with Crippen LogP contribution in [-0.4, -0.2) is 15.9 Å². The summed E-state index contributed by atoms with van der Waals surface area (Å²) in [6.45, 7) is 0.335. The molecule has 0 fully saturated rings. The Balaban J connectivity index is 1.42. The van der Waals surface area contributed by atoms with Crippen LogP contribution in [0.4, 0.5) is 0 Å². The van der Waals surface area contributed by atoms with Crippen molar-refractivity contribution in [2.24, 2.45) is 0 Å². The molecule has 4 rings (SSSR count). The fourth-order valence-electron chi connectivity index (χ4n) is 2.97. The first-order chi connectivity index (χ1) is 14.2. The molecule has 0 aliphatic carbocycles. The molecular formula is C23H18N4OS. The third-order valence-corrected chi connectivity index (χ3v) is 5.61. The van der Waals surface area contributed by atoms with E-state index in [1.54, 1.807) is 11.8 Å². The Labute approximate surface area is 172 Å². The van der Waals surface area contributed by atoms with Crippen molar-refractivity contribution in [2.45, 2.75) is 17.2 Å². The normalized spacial score (nSPS) is 10.6. The smallest absolute Gasteiger partial charge is 0.252 e. The van der Waals surface area contributed by atoms with E-state index in [1.165, 1.54) is 0 Å². The minimum absolute atomic E-state index is 0.131. The third-order valence-electron chi connectivity index (χ3n) is 4.46. The van der Waals surface area contributed by atoms with Crippen LogP contribution in [0.3, 0.4) is 0 Å². The lowest BCUT2D eigenvalue weighted by Gasteiger charge is -2.09. The van der Waals surface area contributed by atoms with Crippen molar-refractivity contribution in [1.82, 2.24) is 15.3 Å². The number of thioether (sulfide) groups is 1. The fraction of sp³-hybridized carbons (Fsp3) is 0.0870. The highest BCUT2D eigenvalue weighted by Gasteiger charge is 2.12. The number of amides is 1. The molecule has 142 valence electrons. The maximum absolute atomic E-state index is 12.7. The quantitative estimate of drug-likeness (QED) is 0.463. The van der Waals surface area contributed by atoms with E-state index >= 15 is 0 Å². The van der Waals surface area contributed by atoms with Crippen molar-refractivity contribution in [3.8, 4) is 6.07 Å². The number of para-hydroxylation sites is 2. The molecule has 0 saturated carbocycles. The SMILES string of the molecule is N#Cc1ccc(CSc2ccccc2C(=O)NCc2nc3ccccc3[nH]2)cc1. The second kappa shape index (κ2) is 8.63. The van der Waals surface area contributed by atoms with E-state index in [-0.39, 0.29) is 5.91 Å². The number of nitrogens with one attached hydrogen (secondary N) is 2. The van der Waals surface area contributed by atoms with Crippen LogP contribution < -0.4 is 5.32 Å². The summed E-state index contributed by atoms with van der Waals surface area (Å²) in [4.78, 5) is 21.4. The zero-order valence-corrected chi connectivity index (χ0v) is 16.4. The Kier molecular flexibility index (Phi) is 5.59. The number of hydrogen-bond acceptors (Lipinski definition) is 4. The van der Waals surface area contributed by atoms with Gasteiger partial charge >= 0.3 is 0 Å². The van der Waals surface area contributed by atoms with Crippen molar-refractivity contribution in [3.63, 3.8) is 0 Å². The zero-order valence-electron chi connectivity index (χ0n) is 15.6. The van der Waals surface area contributed by atoms with Gasteiger partial charge in [0, 0.05) is 10.6 Å². The van der Waals surface area contributed by atoms with E-state index in [9.17, 15) is 4.79 Å². The van der Waals surface area contributed by atoms with Gasteiger partial charge < -0.3 is 10.3 Å². The number of imidazole rings is 1. The Bertz CT molecular complexity index is 1160. The third kappa shape index (κ3) is 4.48. The lowest BCUT2D eigenvalue weighted by Crippen LogP contribution is -2.24. The van der Waals surface area contributed by atoms with Gasteiger partial charge in [-0.15, -0.1) is 11.8 Å². The molecule has 0 bridgehead atoms. The van der Waals surface area contributed by atoms with E-state index < -0.39 is 0 Å². The van der Waals surface area contributed by atoms with Crippen molar-refractivity contribution < 1.29 is 4.79 Å². The molecule has 0 saturated heterocycles. The van der Waals surface area contributed by atoms with Crippen LogP contribution in [0.25, 0.3) is 11.0 Å². The molecule has 4 aromatic rings. The summed E-state index contributed by atoms with van der Waals surface area (Å²) in [7, 11) is 0. The Morgan fingerprint density at radius 1 is 1.03 bits per heavy atom. The number of aromatic amines is 1. The number of nitriles is 1. The molecule has 2 N–H and O–H groups in total. The first kappa shape index (κ1) is 18.8. The van der Waals surface area contributed by atoms with Crippen LogP contribution >= 0.6 is 11.8 Å². The molecule has 0 atom stereocenters. The van der Waals surface area contributed by atoms with Gasteiger partial charge in [0.2, 0.25) is 0 Å². The van der Waals surface area contributed by atoms with Crippen molar-refractivity contribution >= 4 is 28.7 Å². The topological polar surface area (TPSA) is 81.6 Å². The number of nitrogens with zero attached hydrogens (tertiary/aromatic N) is 2. The molecule has 1 heterocycles. The number of hydrogen-bond donors (Lipinski definition) is 2. The minimum Gasteiger partial charge on any atom is -0.345 e. The molecule has 3 aromatic carbocycles. The first-order valence-corrected chi connectivity index (χ1v) is 10.1. The summed E-state index contributed by atoms with van der Waals surface area (Å²) in [5.41, 5.74) is 4.23. The van der Waals surface area contributed by atoms with Crippen LogP contribution in [-0.2, 0) is 12.3 Å². The second-order valence-corrected chi connectivity index (χ2v) is 7.49. The van der Waals surface area contributed by atoms with Gasteiger partial charge in [0.15, 0.2) is 0 Å². The highest BCUT2D eigenvalue weighted by Crippen LogP contribution is 2.26. The molecule has 29 heavy (non-hydrogen) atoms. The first-order valence-electron chi connectivity index (χ1n) is 9.15. The van der Waals surface area contributed by atoms with Crippen molar-refractivity contribution in [2.75, 3.05) is 0 Å². The molecule has 5 nitrogen and oxygen atoms in total. The second-order valence-electron chi connectivity index (χ2n) is 6.48. The lowest BCUT2D eigenvalue weighted by atomic mass is 10.2. The predicted molar refractivity (Wildman–Crippen MR) is 114 cm³/mol. The van der Waals surface area contributed by atoms with E-state index in [1.807, 2.05) is 72.8 Å². The van der Waals surface area contributed by atoms with E-state index in [2.05, 4.69) is 21.4 Å². The van der Waals surface area contributed by atoms with Gasteiger partial charge in [0.25, 0.3) is 5.91 Å². The average Bonchev–Trinajstić information content (AvgIpc) is 3.19. The maximum atomic E-state index is 12.7. The van der Waals surface area contributed by atoms with E-state index in [0.29, 0.717) is 17.7 Å². The number of carbonyl (C=O) groups excluding carboxylic acids is 1. The van der Waals surface area contributed by atoms with Gasteiger partial charge in [0.05, 0.1) is 34.8 Å². The molecule has 1 aromatic heterocycles. The van der Waals surface area contributed by atoms with Gasteiger partial charge in [-0.1, -0.05) is 36.4 Å². The molecular weight excluding hydrogens is 380 g/mol. The number of aromatic nitrogens is 2. The molecule has 6 heteroatoms. The van der Waals surface area contributed by atoms with E-state index in [4.69, 9.17) is 5.26 Å².